The molecule has 0 radical (unpaired) electrons. The van der Waals surface area contributed by atoms with Gasteiger partial charge in [0.1, 0.15) is 5.03 Å². The summed E-state index contributed by atoms with van der Waals surface area (Å²) >= 11 is 1.45. The van der Waals surface area contributed by atoms with E-state index in [0.29, 0.717) is 5.56 Å². The summed E-state index contributed by atoms with van der Waals surface area (Å²) in [6, 6.07) is 0. The van der Waals surface area contributed by atoms with Crippen LogP contribution in [0.3, 0.4) is 0 Å². The molecule has 1 rings (SSSR count). The maximum atomic E-state index is 11.5. The third-order valence-corrected chi connectivity index (χ3v) is 2.83. The fraction of sp³-hybridized carbons (Fsp3) is 0.400. The summed E-state index contributed by atoms with van der Waals surface area (Å²) < 4.78 is 4.72. The molecule has 0 aliphatic carbocycles. The van der Waals surface area contributed by atoms with Gasteiger partial charge >= 0.3 is 5.97 Å². The smallest absolute Gasteiger partial charge is 0.340 e. The molecule has 1 heterocycles. The highest BCUT2D eigenvalue weighted by Crippen LogP contribution is 2.23. The first kappa shape index (κ1) is 11.0. The molecule has 0 unspecified atom stereocenters. The van der Waals surface area contributed by atoms with Crippen molar-refractivity contribution in [2.45, 2.75) is 18.9 Å². The zero-order chi connectivity index (χ0) is 10.7. The van der Waals surface area contributed by atoms with E-state index in [4.69, 9.17) is 4.74 Å². The molecule has 1 aromatic heterocycles. The topological polar surface area (TPSA) is 39.2 Å². The van der Waals surface area contributed by atoms with Crippen LogP contribution in [0.25, 0.3) is 0 Å². The van der Waals surface area contributed by atoms with Crippen molar-refractivity contribution in [3.05, 3.63) is 22.9 Å². The minimum Gasteiger partial charge on any atom is -0.465 e. The molecule has 4 heteroatoms. The summed E-state index contributed by atoms with van der Waals surface area (Å²) in [5, 5.41) is 0.722. The van der Waals surface area contributed by atoms with E-state index in [0.717, 1.165) is 16.2 Å². The first-order chi connectivity index (χ1) is 6.61. The van der Waals surface area contributed by atoms with Gasteiger partial charge in [-0.1, -0.05) is 0 Å². The van der Waals surface area contributed by atoms with Gasteiger partial charge in [-0.2, -0.15) is 0 Å². The van der Waals surface area contributed by atoms with Crippen molar-refractivity contribution >= 4 is 17.7 Å². The Kier molecular flexibility index (Phi) is 3.52. The average molecular weight is 211 g/mol. The summed E-state index contributed by atoms with van der Waals surface area (Å²) in [5.41, 5.74) is 2.53. The van der Waals surface area contributed by atoms with Gasteiger partial charge in [0.2, 0.25) is 0 Å². The molecular weight excluding hydrogens is 198 g/mol. The third-order valence-electron chi connectivity index (χ3n) is 2.14. The van der Waals surface area contributed by atoms with Crippen LogP contribution in [-0.4, -0.2) is 24.3 Å². The minimum absolute atomic E-state index is 0.317. The number of aromatic nitrogens is 1. The van der Waals surface area contributed by atoms with E-state index >= 15 is 0 Å². The molecule has 0 aromatic carbocycles. The van der Waals surface area contributed by atoms with Crippen LogP contribution >= 0.6 is 11.8 Å². The van der Waals surface area contributed by atoms with Crippen LogP contribution in [0.5, 0.6) is 0 Å². The first-order valence-corrected chi connectivity index (χ1v) is 5.42. The second-order valence-electron chi connectivity index (χ2n) is 2.94. The van der Waals surface area contributed by atoms with Crippen LogP contribution in [0.15, 0.2) is 11.2 Å². The monoisotopic (exact) mass is 211 g/mol. The minimum atomic E-state index is -0.317. The Morgan fingerprint density at radius 2 is 2.14 bits per heavy atom. The van der Waals surface area contributed by atoms with Gasteiger partial charge < -0.3 is 4.74 Å². The molecule has 0 aliphatic heterocycles. The van der Waals surface area contributed by atoms with Gasteiger partial charge in [0.25, 0.3) is 0 Å². The Bertz CT molecular complexity index is 363. The number of hydrogen-bond donors (Lipinski definition) is 0. The van der Waals surface area contributed by atoms with Gasteiger partial charge in [-0.25, -0.2) is 9.78 Å². The molecule has 0 bridgehead atoms. The average Bonchev–Trinajstić information content (AvgIpc) is 2.20. The van der Waals surface area contributed by atoms with Crippen molar-refractivity contribution in [1.29, 1.82) is 0 Å². The molecule has 0 amide bonds. The molecule has 0 atom stereocenters. The number of nitrogens with zero attached hydrogens (tertiary/aromatic N) is 1. The van der Waals surface area contributed by atoms with Crippen molar-refractivity contribution < 1.29 is 9.53 Å². The van der Waals surface area contributed by atoms with Crippen LogP contribution in [-0.2, 0) is 4.74 Å². The predicted molar refractivity (Wildman–Crippen MR) is 56.8 cm³/mol. The summed E-state index contributed by atoms with van der Waals surface area (Å²) in [7, 11) is 1.38. The van der Waals surface area contributed by atoms with E-state index in [2.05, 4.69) is 4.98 Å². The Morgan fingerprint density at radius 1 is 1.50 bits per heavy atom. The molecule has 0 aliphatic rings. The highest BCUT2D eigenvalue weighted by atomic mass is 32.2. The van der Waals surface area contributed by atoms with Gasteiger partial charge in [-0.15, -0.1) is 11.8 Å². The molecule has 14 heavy (non-hydrogen) atoms. The first-order valence-electron chi connectivity index (χ1n) is 4.20. The Hall–Kier alpha value is -1.03. The largest absolute Gasteiger partial charge is 0.465 e. The van der Waals surface area contributed by atoms with Crippen LogP contribution in [0, 0.1) is 13.8 Å². The number of rotatable bonds is 2. The maximum absolute atomic E-state index is 11.5. The number of esters is 1. The molecule has 0 saturated carbocycles. The van der Waals surface area contributed by atoms with E-state index in [1.807, 2.05) is 20.1 Å². The standard InChI is InChI=1S/C10H13NO2S/c1-6-5-11-9(14-4)8(7(6)2)10(12)13-3/h5H,1-4H3. The molecule has 0 fully saturated rings. The lowest BCUT2D eigenvalue weighted by molar-refractivity contribution is 0.0595. The number of thioether (sulfide) groups is 1. The van der Waals surface area contributed by atoms with Crippen LogP contribution in [0.2, 0.25) is 0 Å². The second-order valence-corrected chi connectivity index (χ2v) is 3.74. The fourth-order valence-electron chi connectivity index (χ4n) is 1.17. The van der Waals surface area contributed by atoms with Crippen molar-refractivity contribution in [3.8, 4) is 0 Å². The molecule has 0 saturated heterocycles. The van der Waals surface area contributed by atoms with Crippen molar-refractivity contribution in [2.24, 2.45) is 0 Å². The SMILES string of the molecule is COC(=O)c1c(SC)ncc(C)c1C. The lowest BCUT2D eigenvalue weighted by atomic mass is 10.1. The molecule has 0 N–H and O–H groups in total. The number of aryl methyl sites for hydroxylation is 1. The van der Waals surface area contributed by atoms with Crippen LogP contribution in [0.4, 0.5) is 0 Å². The van der Waals surface area contributed by atoms with Crippen LogP contribution < -0.4 is 0 Å². The molecular formula is C10H13NO2S. The molecule has 3 nitrogen and oxygen atoms in total. The van der Waals surface area contributed by atoms with Crippen LogP contribution in [0.1, 0.15) is 21.5 Å². The van der Waals surface area contributed by atoms with Gasteiger partial charge in [0, 0.05) is 6.20 Å². The van der Waals surface area contributed by atoms with Gasteiger partial charge in [-0.05, 0) is 31.2 Å². The lowest BCUT2D eigenvalue weighted by Crippen LogP contribution is -2.08. The number of methoxy groups -OCH3 is 1. The molecule has 1 aromatic rings. The summed E-state index contributed by atoms with van der Waals surface area (Å²) in [6.45, 7) is 3.84. The van der Waals surface area contributed by atoms with E-state index in [-0.39, 0.29) is 5.97 Å². The van der Waals surface area contributed by atoms with Gasteiger partial charge in [0.15, 0.2) is 0 Å². The zero-order valence-electron chi connectivity index (χ0n) is 8.75. The van der Waals surface area contributed by atoms with Crippen molar-refractivity contribution in [1.82, 2.24) is 4.98 Å². The number of hydrogen-bond acceptors (Lipinski definition) is 4. The number of carbonyl (C=O) groups is 1. The lowest BCUT2D eigenvalue weighted by Gasteiger charge is -2.09. The Labute approximate surface area is 87.9 Å². The number of ether oxygens (including phenoxy) is 1. The normalized spacial score (nSPS) is 10.0. The fourth-order valence-corrected chi connectivity index (χ4v) is 1.77. The highest BCUT2D eigenvalue weighted by Gasteiger charge is 2.16. The van der Waals surface area contributed by atoms with Gasteiger partial charge in [-0.3, -0.25) is 0 Å². The predicted octanol–water partition coefficient (Wildman–Crippen LogP) is 2.21. The van der Waals surface area contributed by atoms with E-state index in [9.17, 15) is 4.79 Å². The van der Waals surface area contributed by atoms with E-state index in [1.54, 1.807) is 6.20 Å². The van der Waals surface area contributed by atoms with E-state index < -0.39 is 0 Å². The zero-order valence-corrected chi connectivity index (χ0v) is 9.57. The highest BCUT2D eigenvalue weighted by molar-refractivity contribution is 7.98. The Morgan fingerprint density at radius 3 is 2.64 bits per heavy atom. The number of carbonyl (C=O) groups excluding carboxylic acids is 1. The maximum Gasteiger partial charge on any atom is 0.340 e. The summed E-state index contributed by atoms with van der Waals surface area (Å²) in [4.78, 5) is 15.7. The summed E-state index contributed by atoms with van der Waals surface area (Å²) in [5.74, 6) is -0.317. The Balaban J connectivity index is 3.35. The molecule has 76 valence electrons. The third kappa shape index (κ3) is 1.90. The van der Waals surface area contributed by atoms with Gasteiger partial charge in [0.05, 0.1) is 12.7 Å². The molecule has 0 spiro atoms. The van der Waals surface area contributed by atoms with Crippen molar-refractivity contribution in [3.63, 3.8) is 0 Å². The second kappa shape index (κ2) is 4.46. The van der Waals surface area contributed by atoms with E-state index in [1.165, 1.54) is 18.9 Å². The quantitative estimate of drug-likeness (QED) is 0.555. The number of pyridine rings is 1. The van der Waals surface area contributed by atoms with Crippen molar-refractivity contribution in [2.75, 3.05) is 13.4 Å². The summed E-state index contributed by atoms with van der Waals surface area (Å²) in [6.07, 6.45) is 3.66.